The number of hydrogen-bond acceptors (Lipinski definition) is 5. The molecule has 32 heavy (non-hydrogen) atoms. The van der Waals surface area contributed by atoms with Crippen molar-refractivity contribution in [2.45, 2.75) is 30.5 Å². The van der Waals surface area contributed by atoms with E-state index in [0.717, 1.165) is 0 Å². The molecule has 1 aromatic heterocycles. The Hall–Kier alpha value is -2.37. The summed E-state index contributed by atoms with van der Waals surface area (Å²) in [5.41, 5.74) is 0.698. The molecule has 1 fully saturated rings. The second kappa shape index (κ2) is 10.1. The van der Waals surface area contributed by atoms with Gasteiger partial charge in [-0.15, -0.1) is 0 Å². The van der Waals surface area contributed by atoms with Crippen LogP contribution in [-0.4, -0.2) is 49.5 Å². The number of aromatic nitrogens is 1. The number of pyridine rings is 1. The van der Waals surface area contributed by atoms with Crippen LogP contribution in [0.25, 0.3) is 0 Å². The molecular formula is C20H21ClF3N3O4S. The maximum atomic E-state index is 12.8. The Morgan fingerprint density at radius 2 is 1.84 bits per heavy atom. The Morgan fingerprint density at radius 1 is 1.19 bits per heavy atom. The highest BCUT2D eigenvalue weighted by molar-refractivity contribution is 7.89. The molecule has 12 heteroatoms. The van der Waals surface area contributed by atoms with Gasteiger partial charge in [0.25, 0.3) is 0 Å². The molecule has 174 valence electrons. The third-order valence-corrected chi connectivity index (χ3v) is 7.30. The maximum absolute atomic E-state index is 12.8. The first-order valence-corrected chi connectivity index (χ1v) is 11.5. The molecule has 1 aromatic carbocycles. The third-order valence-electron chi connectivity index (χ3n) is 4.96. The summed E-state index contributed by atoms with van der Waals surface area (Å²) in [6.45, 7) is -0.819. The zero-order chi connectivity index (χ0) is 23.4. The Balaban J connectivity index is 1.48. The van der Waals surface area contributed by atoms with Gasteiger partial charge in [-0.05, 0) is 42.7 Å². The minimum absolute atomic E-state index is 0.0628. The molecule has 0 unspecified atom stereocenters. The summed E-state index contributed by atoms with van der Waals surface area (Å²) in [5, 5.41) is 2.68. The van der Waals surface area contributed by atoms with Crippen molar-refractivity contribution in [2.24, 2.45) is 5.92 Å². The van der Waals surface area contributed by atoms with E-state index in [2.05, 4.69) is 15.0 Å². The molecule has 2 heterocycles. The van der Waals surface area contributed by atoms with Gasteiger partial charge in [0.15, 0.2) is 6.61 Å². The minimum Gasteiger partial charge on any atom is -0.484 e. The molecule has 7 nitrogen and oxygen atoms in total. The number of piperidine rings is 1. The predicted molar refractivity (Wildman–Crippen MR) is 111 cm³/mol. The number of nitrogens with one attached hydrogen (secondary N) is 1. The molecule has 1 N–H and O–H groups in total. The summed E-state index contributed by atoms with van der Waals surface area (Å²) < 4.78 is 68.0. The standard InChI is InChI=1S/C20H21ClF3N3O4S/c21-18-17(2-1-9-25-18)32(29,30)27-10-7-15(8-11-27)19(28)26-12-14-3-5-16(6-4-14)31-13-20(22,23)24/h1-6,9,15H,7-8,10-13H2,(H,26,28). The average Bonchev–Trinajstić information content (AvgIpc) is 2.76. The van der Waals surface area contributed by atoms with E-state index in [9.17, 15) is 26.4 Å². The van der Waals surface area contributed by atoms with Crippen molar-refractivity contribution in [1.29, 1.82) is 0 Å². The zero-order valence-corrected chi connectivity index (χ0v) is 18.4. The van der Waals surface area contributed by atoms with E-state index in [1.807, 2.05) is 0 Å². The largest absolute Gasteiger partial charge is 0.484 e. The summed E-state index contributed by atoms with van der Waals surface area (Å²) >= 11 is 5.91. The van der Waals surface area contributed by atoms with Gasteiger partial charge in [0.1, 0.15) is 15.8 Å². The first-order valence-electron chi connectivity index (χ1n) is 9.73. The molecule has 3 rings (SSSR count). The van der Waals surface area contributed by atoms with Crippen molar-refractivity contribution in [1.82, 2.24) is 14.6 Å². The summed E-state index contributed by atoms with van der Waals surface area (Å²) in [7, 11) is -3.79. The van der Waals surface area contributed by atoms with Gasteiger partial charge in [0.2, 0.25) is 15.9 Å². The van der Waals surface area contributed by atoms with Crippen LogP contribution in [0.5, 0.6) is 5.75 Å². The Labute approximate surface area is 188 Å². The van der Waals surface area contributed by atoms with Gasteiger partial charge >= 0.3 is 6.18 Å². The molecule has 0 radical (unpaired) electrons. The van der Waals surface area contributed by atoms with E-state index in [0.29, 0.717) is 18.4 Å². The number of nitrogens with zero attached hydrogens (tertiary/aromatic N) is 2. The predicted octanol–water partition coefficient (Wildman–Crippen LogP) is 3.39. The zero-order valence-electron chi connectivity index (χ0n) is 16.8. The number of carbonyl (C=O) groups is 1. The Morgan fingerprint density at radius 3 is 2.44 bits per heavy atom. The molecule has 0 spiro atoms. The van der Waals surface area contributed by atoms with Gasteiger partial charge in [-0.1, -0.05) is 23.7 Å². The van der Waals surface area contributed by atoms with Crippen molar-refractivity contribution in [2.75, 3.05) is 19.7 Å². The van der Waals surface area contributed by atoms with Crippen molar-refractivity contribution in [3.8, 4) is 5.75 Å². The number of rotatable bonds is 7. The number of benzene rings is 1. The monoisotopic (exact) mass is 491 g/mol. The highest BCUT2D eigenvalue weighted by Gasteiger charge is 2.33. The van der Waals surface area contributed by atoms with Crippen molar-refractivity contribution >= 4 is 27.5 Å². The molecular weight excluding hydrogens is 471 g/mol. The van der Waals surface area contributed by atoms with E-state index in [-0.39, 0.29) is 47.3 Å². The third kappa shape index (κ3) is 6.33. The SMILES string of the molecule is O=C(NCc1ccc(OCC(F)(F)F)cc1)C1CCN(S(=O)(=O)c2cccnc2Cl)CC1. The quantitative estimate of drug-likeness (QED) is 0.600. The molecule has 1 amide bonds. The van der Waals surface area contributed by atoms with E-state index in [4.69, 9.17) is 11.6 Å². The molecule has 1 saturated heterocycles. The van der Waals surface area contributed by atoms with Crippen LogP contribution in [-0.2, 0) is 21.4 Å². The van der Waals surface area contributed by atoms with Gasteiger partial charge in [-0.3, -0.25) is 4.79 Å². The van der Waals surface area contributed by atoms with Gasteiger partial charge in [-0.2, -0.15) is 17.5 Å². The second-order valence-electron chi connectivity index (χ2n) is 7.24. The van der Waals surface area contributed by atoms with Gasteiger partial charge in [0, 0.05) is 31.7 Å². The normalized spacial score (nSPS) is 16.0. The number of alkyl halides is 3. The van der Waals surface area contributed by atoms with Crippen LogP contribution >= 0.6 is 11.6 Å². The number of amides is 1. The van der Waals surface area contributed by atoms with E-state index >= 15 is 0 Å². The summed E-state index contributed by atoms with van der Waals surface area (Å²) in [6, 6.07) is 8.83. The van der Waals surface area contributed by atoms with Crippen LogP contribution in [0, 0.1) is 5.92 Å². The van der Waals surface area contributed by atoms with E-state index in [1.165, 1.54) is 34.8 Å². The average molecular weight is 492 g/mol. The smallest absolute Gasteiger partial charge is 0.422 e. The summed E-state index contributed by atoms with van der Waals surface area (Å²) in [6.07, 6.45) is -2.30. The molecule has 1 aliphatic heterocycles. The Bertz CT molecular complexity index is 1040. The number of hydrogen-bond donors (Lipinski definition) is 1. The molecule has 0 saturated carbocycles. The molecule has 2 aromatic rings. The first kappa shape index (κ1) is 24.3. The summed E-state index contributed by atoms with van der Waals surface area (Å²) in [5.74, 6) is -0.473. The fourth-order valence-corrected chi connectivity index (χ4v) is 5.16. The van der Waals surface area contributed by atoms with Crippen LogP contribution < -0.4 is 10.1 Å². The lowest BCUT2D eigenvalue weighted by Crippen LogP contribution is -2.42. The van der Waals surface area contributed by atoms with Crippen molar-refractivity contribution in [3.05, 3.63) is 53.3 Å². The number of sulfonamides is 1. The number of halogens is 4. The lowest BCUT2D eigenvalue weighted by molar-refractivity contribution is -0.153. The van der Waals surface area contributed by atoms with Crippen LogP contribution in [0.1, 0.15) is 18.4 Å². The van der Waals surface area contributed by atoms with Crippen LogP contribution in [0.3, 0.4) is 0 Å². The van der Waals surface area contributed by atoms with E-state index < -0.39 is 22.8 Å². The topological polar surface area (TPSA) is 88.6 Å². The maximum Gasteiger partial charge on any atom is 0.422 e. The van der Waals surface area contributed by atoms with Crippen LogP contribution in [0.2, 0.25) is 5.15 Å². The van der Waals surface area contributed by atoms with Gasteiger partial charge < -0.3 is 10.1 Å². The molecule has 0 atom stereocenters. The molecule has 0 aliphatic carbocycles. The number of ether oxygens (including phenoxy) is 1. The lowest BCUT2D eigenvalue weighted by atomic mass is 9.97. The van der Waals surface area contributed by atoms with Crippen LogP contribution in [0.15, 0.2) is 47.5 Å². The molecule has 0 bridgehead atoms. The van der Waals surface area contributed by atoms with Crippen molar-refractivity contribution < 1.29 is 31.1 Å². The summed E-state index contributed by atoms with van der Waals surface area (Å²) in [4.78, 5) is 16.2. The van der Waals surface area contributed by atoms with Crippen LogP contribution in [0.4, 0.5) is 13.2 Å². The first-order chi connectivity index (χ1) is 15.1. The van der Waals surface area contributed by atoms with Gasteiger partial charge in [-0.25, -0.2) is 13.4 Å². The Kier molecular flexibility index (Phi) is 7.63. The fourth-order valence-electron chi connectivity index (χ4n) is 3.26. The fraction of sp³-hybridized carbons (Fsp3) is 0.400. The highest BCUT2D eigenvalue weighted by Crippen LogP contribution is 2.27. The second-order valence-corrected chi connectivity index (χ2v) is 9.50. The number of carbonyl (C=O) groups excluding carboxylic acids is 1. The minimum atomic E-state index is -4.41. The highest BCUT2D eigenvalue weighted by atomic mass is 35.5. The van der Waals surface area contributed by atoms with Crippen molar-refractivity contribution in [3.63, 3.8) is 0 Å². The molecule has 1 aliphatic rings. The lowest BCUT2D eigenvalue weighted by Gasteiger charge is -2.30. The van der Waals surface area contributed by atoms with E-state index in [1.54, 1.807) is 12.1 Å². The van der Waals surface area contributed by atoms with Gasteiger partial charge in [0.05, 0.1) is 0 Å².